The Hall–Kier alpha value is -2.61. The van der Waals surface area contributed by atoms with E-state index in [1.807, 2.05) is 0 Å². The zero-order chi connectivity index (χ0) is 25.0. The van der Waals surface area contributed by atoms with Crippen molar-refractivity contribution in [1.29, 1.82) is 0 Å². The Labute approximate surface area is 210 Å². The minimum Gasteiger partial charge on any atom is -0.456 e. The van der Waals surface area contributed by atoms with Crippen LogP contribution in [0.25, 0.3) is 33.2 Å². The van der Waals surface area contributed by atoms with E-state index in [1.54, 1.807) is 0 Å². The monoisotopic (exact) mass is 466 g/mol. The van der Waals surface area contributed by atoms with Gasteiger partial charge in [-0.3, -0.25) is 0 Å². The molecule has 1 aliphatic carbocycles. The zero-order valence-corrected chi connectivity index (χ0v) is 22.8. The second-order valence-corrected chi connectivity index (χ2v) is 12.9. The highest BCUT2D eigenvalue weighted by Gasteiger charge is 2.57. The van der Waals surface area contributed by atoms with Gasteiger partial charge in [0.2, 0.25) is 5.69 Å². The Bertz CT molecular complexity index is 1500. The number of aromatic nitrogens is 1. The van der Waals surface area contributed by atoms with Gasteiger partial charge in [0.1, 0.15) is 11.2 Å². The Morgan fingerprint density at radius 1 is 0.743 bits per heavy atom. The quantitative estimate of drug-likeness (QED) is 0.270. The summed E-state index contributed by atoms with van der Waals surface area (Å²) in [5.74, 6) is 0. The standard InChI is InChI=1S/C33H40NO/c1-9-32(7)24-17-22-21-13-11-12-14-28(21)35-29(22)18-23(24)27-19-25-26(20-34(27)33(32,8)10-2)31(5,6)16-15-30(25,3)4/h11-14,17-20H,9-10,15-16H2,1-8H3/q+1. The van der Waals surface area contributed by atoms with Gasteiger partial charge in [-0.05, 0) is 66.3 Å². The SMILES string of the molecule is CCC1(C)c2cc3c(cc2-c2cc4c(c[n+]2C1(C)CC)C(C)(C)CCC4(C)C)oc1ccccc13. The second kappa shape index (κ2) is 6.99. The molecule has 2 atom stereocenters. The molecule has 3 heterocycles. The Balaban J connectivity index is 1.77. The third-order valence-electron chi connectivity index (χ3n) is 10.4. The van der Waals surface area contributed by atoms with Crippen LogP contribution in [0.2, 0.25) is 0 Å². The summed E-state index contributed by atoms with van der Waals surface area (Å²) in [6, 6.07) is 15.8. The molecule has 2 aromatic heterocycles. The Morgan fingerprint density at radius 2 is 1.43 bits per heavy atom. The molecule has 2 nitrogen and oxygen atoms in total. The average Bonchev–Trinajstić information content (AvgIpc) is 3.21. The van der Waals surface area contributed by atoms with E-state index >= 15 is 0 Å². The highest BCUT2D eigenvalue weighted by Crippen LogP contribution is 2.53. The fourth-order valence-electron chi connectivity index (χ4n) is 7.29. The van der Waals surface area contributed by atoms with E-state index in [-0.39, 0.29) is 21.8 Å². The number of furan rings is 1. The molecule has 4 aromatic rings. The molecule has 0 saturated heterocycles. The molecule has 0 radical (unpaired) electrons. The first kappa shape index (κ1) is 22.8. The minimum atomic E-state index is -0.0238. The Morgan fingerprint density at radius 3 is 2.11 bits per heavy atom. The van der Waals surface area contributed by atoms with Crippen LogP contribution in [0.15, 0.2) is 53.1 Å². The molecule has 2 heteroatoms. The average molecular weight is 467 g/mol. The molecule has 35 heavy (non-hydrogen) atoms. The largest absolute Gasteiger partial charge is 0.456 e. The minimum absolute atomic E-state index is 0.00385. The lowest BCUT2D eigenvalue weighted by Crippen LogP contribution is -2.68. The predicted molar refractivity (Wildman–Crippen MR) is 146 cm³/mol. The highest BCUT2D eigenvalue weighted by atomic mass is 16.3. The number of fused-ring (bicyclic) bond motifs is 7. The van der Waals surface area contributed by atoms with Gasteiger partial charge in [-0.1, -0.05) is 59.7 Å². The van der Waals surface area contributed by atoms with E-state index in [0.717, 1.165) is 24.0 Å². The van der Waals surface area contributed by atoms with Crippen LogP contribution in [-0.4, -0.2) is 0 Å². The molecule has 182 valence electrons. The van der Waals surface area contributed by atoms with Crippen molar-refractivity contribution in [3.05, 3.63) is 65.4 Å². The summed E-state index contributed by atoms with van der Waals surface area (Å²) in [7, 11) is 0. The summed E-state index contributed by atoms with van der Waals surface area (Å²) in [6.45, 7) is 19.5. The highest BCUT2D eigenvalue weighted by molar-refractivity contribution is 6.06. The molecule has 0 bridgehead atoms. The summed E-state index contributed by atoms with van der Waals surface area (Å²) < 4.78 is 9.05. The van der Waals surface area contributed by atoms with Crippen LogP contribution in [0.4, 0.5) is 0 Å². The van der Waals surface area contributed by atoms with Crippen molar-refractivity contribution >= 4 is 21.9 Å². The molecular weight excluding hydrogens is 426 g/mol. The first-order valence-electron chi connectivity index (χ1n) is 13.5. The van der Waals surface area contributed by atoms with Gasteiger partial charge in [-0.15, -0.1) is 0 Å². The molecule has 2 aromatic carbocycles. The maximum atomic E-state index is 6.39. The maximum absolute atomic E-state index is 6.39. The molecule has 6 rings (SSSR count). The van der Waals surface area contributed by atoms with E-state index in [2.05, 4.69) is 109 Å². The fraction of sp³-hybridized carbons (Fsp3) is 0.485. The van der Waals surface area contributed by atoms with Crippen LogP contribution >= 0.6 is 0 Å². The van der Waals surface area contributed by atoms with Crippen LogP contribution in [0.3, 0.4) is 0 Å². The fourth-order valence-corrected chi connectivity index (χ4v) is 7.29. The zero-order valence-electron chi connectivity index (χ0n) is 22.8. The van der Waals surface area contributed by atoms with E-state index < -0.39 is 0 Å². The van der Waals surface area contributed by atoms with Gasteiger partial charge in [-0.2, -0.15) is 4.57 Å². The molecular formula is C33H40NO+. The van der Waals surface area contributed by atoms with Gasteiger partial charge in [-0.25, -0.2) is 0 Å². The second-order valence-electron chi connectivity index (χ2n) is 12.9. The van der Waals surface area contributed by atoms with Crippen LogP contribution in [-0.2, 0) is 21.8 Å². The molecule has 0 saturated carbocycles. The van der Waals surface area contributed by atoms with Crippen LogP contribution in [0.5, 0.6) is 0 Å². The number of hydrogen-bond acceptors (Lipinski definition) is 1. The van der Waals surface area contributed by atoms with E-state index in [0.29, 0.717) is 0 Å². The smallest absolute Gasteiger partial charge is 0.213 e. The van der Waals surface area contributed by atoms with Crippen molar-refractivity contribution in [2.24, 2.45) is 0 Å². The van der Waals surface area contributed by atoms with Gasteiger partial charge < -0.3 is 4.42 Å². The first-order valence-corrected chi connectivity index (χ1v) is 13.5. The summed E-state index contributed by atoms with van der Waals surface area (Å²) in [4.78, 5) is 0. The number of hydrogen-bond donors (Lipinski definition) is 0. The molecule has 1 aliphatic heterocycles. The normalized spacial score (nSPS) is 26.4. The van der Waals surface area contributed by atoms with Crippen molar-refractivity contribution in [3.8, 4) is 11.3 Å². The number of nitrogens with zero attached hydrogens (tertiary/aromatic N) is 1. The summed E-state index contributed by atoms with van der Waals surface area (Å²) in [6.07, 6.45) is 7.18. The number of para-hydroxylation sites is 1. The third kappa shape index (κ3) is 2.80. The molecule has 0 spiro atoms. The van der Waals surface area contributed by atoms with Gasteiger partial charge in [0.15, 0.2) is 11.7 Å². The molecule has 0 N–H and O–H groups in total. The summed E-state index contributed by atoms with van der Waals surface area (Å²) >= 11 is 0. The Kier molecular flexibility index (Phi) is 4.56. The van der Waals surface area contributed by atoms with Gasteiger partial charge in [0.05, 0.1) is 11.0 Å². The third-order valence-corrected chi connectivity index (χ3v) is 10.4. The van der Waals surface area contributed by atoms with E-state index in [9.17, 15) is 0 Å². The van der Waals surface area contributed by atoms with Crippen LogP contribution in [0, 0.1) is 0 Å². The summed E-state index contributed by atoms with van der Waals surface area (Å²) in [5.41, 5.74) is 9.53. The molecule has 0 amide bonds. The molecule has 2 unspecified atom stereocenters. The predicted octanol–water partition coefficient (Wildman–Crippen LogP) is 8.70. The van der Waals surface area contributed by atoms with Crippen molar-refractivity contribution < 1.29 is 8.98 Å². The van der Waals surface area contributed by atoms with Gasteiger partial charge >= 0.3 is 0 Å². The van der Waals surface area contributed by atoms with Crippen molar-refractivity contribution in [3.63, 3.8) is 0 Å². The lowest BCUT2D eigenvalue weighted by molar-refractivity contribution is -0.765. The van der Waals surface area contributed by atoms with Crippen LogP contribution < -0.4 is 4.57 Å². The molecule has 2 aliphatic rings. The van der Waals surface area contributed by atoms with Gasteiger partial charge in [0.25, 0.3) is 0 Å². The van der Waals surface area contributed by atoms with Crippen molar-refractivity contribution in [1.82, 2.24) is 0 Å². The van der Waals surface area contributed by atoms with E-state index in [4.69, 9.17) is 4.42 Å². The van der Waals surface area contributed by atoms with Gasteiger partial charge in [0, 0.05) is 35.7 Å². The summed E-state index contributed by atoms with van der Waals surface area (Å²) in [5, 5.41) is 2.46. The van der Waals surface area contributed by atoms with E-state index in [1.165, 1.54) is 51.6 Å². The molecule has 0 fully saturated rings. The number of pyridine rings is 1. The number of rotatable bonds is 2. The van der Waals surface area contributed by atoms with Crippen molar-refractivity contribution in [2.45, 2.75) is 103 Å². The number of benzene rings is 2. The maximum Gasteiger partial charge on any atom is 0.213 e. The van der Waals surface area contributed by atoms with Crippen LogP contribution in [0.1, 0.15) is 97.8 Å². The van der Waals surface area contributed by atoms with Crippen molar-refractivity contribution in [2.75, 3.05) is 0 Å². The lowest BCUT2D eigenvalue weighted by atomic mass is 9.59. The topological polar surface area (TPSA) is 17.0 Å². The first-order chi connectivity index (χ1) is 16.5. The lowest BCUT2D eigenvalue weighted by Gasteiger charge is -2.48.